The Balaban J connectivity index is 0.00000192. The minimum absolute atomic E-state index is 0. The van der Waals surface area contributed by atoms with Crippen LogP contribution in [0, 0.1) is 11.3 Å². The number of carbonyl (C=O) groups is 1. The molecule has 3 rings (SSSR count). The lowest BCUT2D eigenvalue weighted by Crippen LogP contribution is -2.82. The highest BCUT2D eigenvalue weighted by Crippen LogP contribution is 2.57. The number of amides is 1. The van der Waals surface area contributed by atoms with E-state index in [0.717, 1.165) is 25.9 Å². The average Bonchev–Trinajstić information content (AvgIpc) is 2.99. The first kappa shape index (κ1) is 18.7. The smallest absolute Gasteiger partial charge is 0.241 e. The Morgan fingerprint density at radius 1 is 1.43 bits per heavy atom. The number of hydrogen-bond acceptors (Lipinski definition) is 4. The van der Waals surface area contributed by atoms with Crippen LogP contribution in [0.2, 0.25) is 0 Å². The fourth-order valence-electron chi connectivity index (χ4n) is 4.06. The molecule has 1 amide bonds. The molecule has 6 heteroatoms. The highest BCUT2D eigenvalue weighted by molar-refractivity contribution is 7.11. The number of nitrogens with two attached hydrogens (primary N) is 1. The van der Waals surface area contributed by atoms with Crippen LogP contribution in [-0.4, -0.2) is 24.2 Å². The Labute approximate surface area is 148 Å². The zero-order chi connectivity index (χ0) is 16.0. The van der Waals surface area contributed by atoms with Crippen LogP contribution in [0.4, 0.5) is 0 Å². The fraction of sp³-hybridized carbons (Fsp3) is 0.706. The van der Waals surface area contributed by atoms with Crippen LogP contribution in [0.5, 0.6) is 0 Å². The number of hydrogen-bond donors (Lipinski definition) is 2. The molecular formula is C17H27ClN2O2S. The van der Waals surface area contributed by atoms with Gasteiger partial charge in [-0.15, -0.1) is 23.7 Å². The van der Waals surface area contributed by atoms with E-state index in [9.17, 15) is 4.79 Å². The molecule has 1 aliphatic heterocycles. The van der Waals surface area contributed by atoms with E-state index in [1.165, 1.54) is 9.75 Å². The van der Waals surface area contributed by atoms with Crippen LogP contribution in [0.3, 0.4) is 0 Å². The predicted molar refractivity (Wildman–Crippen MR) is 96.0 cm³/mol. The highest BCUT2D eigenvalue weighted by Gasteiger charge is 2.70. The van der Waals surface area contributed by atoms with Crippen molar-refractivity contribution in [1.29, 1.82) is 0 Å². The molecule has 2 fully saturated rings. The maximum atomic E-state index is 12.8. The average molecular weight is 359 g/mol. The second kappa shape index (κ2) is 6.71. The van der Waals surface area contributed by atoms with Crippen LogP contribution in [0.1, 0.15) is 43.4 Å². The van der Waals surface area contributed by atoms with E-state index >= 15 is 0 Å². The van der Waals surface area contributed by atoms with Crippen molar-refractivity contribution in [3.05, 3.63) is 21.9 Å². The van der Waals surface area contributed by atoms with E-state index < -0.39 is 5.54 Å². The van der Waals surface area contributed by atoms with E-state index in [2.05, 4.69) is 38.2 Å². The minimum atomic E-state index is -0.817. The molecular weight excluding hydrogens is 332 g/mol. The van der Waals surface area contributed by atoms with Crippen molar-refractivity contribution in [2.75, 3.05) is 6.61 Å². The molecule has 2 aliphatic rings. The molecule has 0 spiro atoms. The lowest BCUT2D eigenvalue weighted by molar-refractivity contribution is -0.225. The molecule has 0 radical (unpaired) electrons. The fourth-order valence-corrected chi connectivity index (χ4v) is 4.96. The van der Waals surface area contributed by atoms with Gasteiger partial charge in [0.1, 0.15) is 5.54 Å². The van der Waals surface area contributed by atoms with Crippen LogP contribution in [-0.2, 0) is 22.5 Å². The molecule has 0 aromatic carbocycles. The van der Waals surface area contributed by atoms with E-state index in [4.69, 9.17) is 10.5 Å². The topological polar surface area (TPSA) is 64.4 Å². The summed E-state index contributed by atoms with van der Waals surface area (Å²) in [6.45, 7) is 7.61. The van der Waals surface area contributed by atoms with Gasteiger partial charge in [-0.1, -0.05) is 20.8 Å². The normalized spacial score (nSPS) is 31.5. The van der Waals surface area contributed by atoms with Gasteiger partial charge < -0.3 is 15.8 Å². The molecule has 1 aromatic heterocycles. The summed E-state index contributed by atoms with van der Waals surface area (Å²) in [6.07, 6.45) is 3.13. The van der Waals surface area contributed by atoms with Crippen molar-refractivity contribution in [2.45, 2.75) is 58.2 Å². The van der Waals surface area contributed by atoms with Gasteiger partial charge in [0.05, 0.1) is 12.6 Å². The van der Waals surface area contributed by atoms with Gasteiger partial charge in [-0.3, -0.25) is 4.79 Å². The maximum absolute atomic E-state index is 12.8. The van der Waals surface area contributed by atoms with E-state index in [0.29, 0.717) is 6.54 Å². The predicted octanol–water partition coefficient (Wildman–Crippen LogP) is 2.88. The van der Waals surface area contributed by atoms with E-state index in [1.807, 2.05) is 0 Å². The lowest BCUT2D eigenvalue weighted by atomic mass is 9.46. The molecule has 1 aromatic rings. The number of halogens is 1. The molecule has 1 saturated carbocycles. The van der Waals surface area contributed by atoms with Gasteiger partial charge in [0.25, 0.3) is 0 Å². The largest absolute Gasteiger partial charge is 0.377 e. The molecule has 130 valence electrons. The van der Waals surface area contributed by atoms with Crippen molar-refractivity contribution in [3.8, 4) is 0 Å². The van der Waals surface area contributed by atoms with E-state index in [1.54, 1.807) is 11.3 Å². The molecule has 3 atom stereocenters. The lowest BCUT2D eigenvalue weighted by Gasteiger charge is -2.65. The second-order valence-corrected chi connectivity index (χ2v) is 8.29. The number of rotatable bonds is 4. The number of carbonyl (C=O) groups excluding carboxylic acids is 1. The Hall–Kier alpha value is -0.620. The third-order valence-electron chi connectivity index (χ3n) is 5.55. The van der Waals surface area contributed by atoms with Crippen molar-refractivity contribution < 1.29 is 9.53 Å². The van der Waals surface area contributed by atoms with Crippen LogP contribution in [0.15, 0.2) is 12.1 Å². The maximum Gasteiger partial charge on any atom is 0.241 e. The zero-order valence-electron chi connectivity index (χ0n) is 14.1. The summed E-state index contributed by atoms with van der Waals surface area (Å²) in [5.41, 5.74) is 5.46. The van der Waals surface area contributed by atoms with Gasteiger partial charge >= 0.3 is 0 Å². The summed E-state index contributed by atoms with van der Waals surface area (Å²) in [6, 6.07) is 4.22. The molecule has 2 heterocycles. The standard InChI is InChI=1S/C17H26N2O2S.ClH/c1-4-11-7-8-12(22-11)10-19-15(20)17(18)13-6-5-9-21-14(13)16(17,2)3;/h7-8,13-14H,4-6,9-10,18H2,1-3H3,(H,19,20);1H. The van der Waals surface area contributed by atoms with Gasteiger partial charge in [-0.05, 0) is 31.4 Å². The van der Waals surface area contributed by atoms with Crippen LogP contribution < -0.4 is 11.1 Å². The summed E-state index contributed by atoms with van der Waals surface area (Å²) in [5.74, 6) is 0.112. The number of aryl methyl sites for hydroxylation is 1. The molecule has 3 unspecified atom stereocenters. The van der Waals surface area contributed by atoms with Gasteiger partial charge in [-0.2, -0.15) is 0 Å². The van der Waals surface area contributed by atoms with Crippen molar-refractivity contribution in [1.82, 2.24) is 5.32 Å². The number of fused-ring (bicyclic) bond motifs is 1. The second-order valence-electron chi connectivity index (χ2n) is 7.04. The highest BCUT2D eigenvalue weighted by atomic mass is 35.5. The minimum Gasteiger partial charge on any atom is -0.377 e. The van der Waals surface area contributed by atoms with Crippen molar-refractivity contribution in [3.63, 3.8) is 0 Å². The first-order valence-corrected chi connectivity index (χ1v) is 8.99. The number of nitrogens with one attached hydrogen (secondary N) is 1. The Bertz CT molecular complexity index is 575. The summed E-state index contributed by atoms with van der Waals surface area (Å²) in [7, 11) is 0. The Morgan fingerprint density at radius 3 is 2.78 bits per heavy atom. The first-order chi connectivity index (χ1) is 10.4. The third kappa shape index (κ3) is 2.82. The SMILES string of the molecule is CCc1ccc(CNC(=O)C2(N)C3CCCOC3C2(C)C)s1.Cl. The Kier molecular flexibility index (Phi) is 5.46. The molecule has 1 saturated heterocycles. The summed E-state index contributed by atoms with van der Waals surface area (Å²) in [4.78, 5) is 15.3. The molecule has 3 N–H and O–H groups in total. The van der Waals surface area contributed by atoms with E-state index in [-0.39, 0.29) is 35.8 Å². The number of ether oxygens (including phenoxy) is 1. The van der Waals surface area contributed by atoms with Crippen LogP contribution in [0.25, 0.3) is 0 Å². The molecule has 0 bridgehead atoms. The monoisotopic (exact) mass is 358 g/mol. The zero-order valence-corrected chi connectivity index (χ0v) is 15.7. The molecule has 23 heavy (non-hydrogen) atoms. The quantitative estimate of drug-likeness (QED) is 0.869. The molecule has 4 nitrogen and oxygen atoms in total. The van der Waals surface area contributed by atoms with Gasteiger partial charge in [0, 0.05) is 27.7 Å². The Morgan fingerprint density at radius 2 is 2.13 bits per heavy atom. The third-order valence-corrected chi connectivity index (χ3v) is 6.78. The first-order valence-electron chi connectivity index (χ1n) is 8.17. The molecule has 1 aliphatic carbocycles. The summed E-state index contributed by atoms with van der Waals surface area (Å²) in [5, 5.41) is 3.06. The van der Waals surface area contributed by atoms with Crippen molar-refractivity contribution in [2.24, 2.45) is 17.1 Å². The van der Waals surface area contributed by atoms with Gasteiger partial charge in [0.2, 0.25) is 5.91 Å². The van der Waals surface area contributed by atoms with Gasteiger partial charge in [0.15, 0.2) is 0 Å². The summed E-state index contributed by atoms with van der Waals surface area (Å²) < 4.78 is 5.86. The van der Waals surface area contributed by atoms with Crippen molar-refractivity contribution >= 4 is 29.7 Å². The summed E-state index contributed by atoms with van der Waals surface area (Å²) >= 11 is 1.75. The van der Waals surface area contributed by atoms with Gasteiger partial charge in [-0.25, -0.2) is 0 Å². The number of thiophene rings is 1. The van der Waals surface area contributed by atoms with Crippen LogP contribution >= 0.6 is 23.7 Å².